The molecule has 0 radical (unpaired) electrons. The van der Waals surface area contributed by atoms with E-state index >= 15 is 0 Å². The second-order valence-corrected chi connectivity index (χ2v) is 9.26. The van der Waals surface area contributed by atoms with Gasteiger partial charge < -0.3 is 30.8 Å². The first-order chi connectivity index (χ1) is 17.0. The Hall–Kier alpha value is -3.44. The molecule has 1 heterocycles. The van der Waals surface area contributed by atoms with Crippen molar-refractivity contribution in [2.45, 2.75) is 71.2 Å². The van der Waals surface area contributed by atoms with E-state index in [-0.39, 0.29) is 30.4 Å². The van der Waals surface area contributed by atoms with Crippen LogP contribution in [0, 0.1) is 0 Å². The van der Waals surface area contributed by atoms with Crippen LogP contribution < -0.4 is 16.4 Å². The number of esters is 2. The molecule has 37 heavy (non-hydrogen) atoms. The van der Waals surface area contributed by atoms with Crippen molar-refractivity contribution < 1.29 is 28.7 Å². The number of nitrogens with zero attached hydrogens (tertiary/aromatic N) is 1. The summed E-state index contributed by atoms with van der Waals surface area (Å²) in [5, 5.41) is 5.09. The highest BCUT2D eigenvalue weighted by atomic mass is 35.5. The van der Waals surface area contributed by atoms with Gasteiger partial charge in [-0.1, -0.05) is 30.3 Å². The lowest BCUT2D eigenvalue weighted by Crippen LogP contribution is -2.45. The summed E-state index contributed by atoms with van der Waals surface area (Å²) in [6.45, 7) is 7.17. The number of benzene rings is 1. The fourth-order valence-electron chi connectivity index (χ4n) is 3.16. The molecular formula is C25H36ClN5O6. The number of amides is 2. The highest BCUT2D eigenvalue weighted by Crippen LogP contribution is 2.13. The molecular weight excluding hydrogens is 502 g/mol. The number of hydrogen-bond donors (Lipinski definition) is 4. The minimum Gasteiger partial charge on any atom is -0.459 e. The Labute approximate surface area is 222 Å². The third-order valence-electron chi connectivity index (χ3n) is 4.95. The van der Waals surface area contributed by atoms with Crippen LogP contribution in [0.25, 0.3) is 0 Å². The molecule has 12 heteroatoms. The molecule has 0 fully saturated rings. The van der Waals surface area contributed by atoms with E-state index in [2.05, 4.69) is 20.6 Å². The summed E-state index contributed by atoms with van der Waals surface area (Å²) in [5.74, 6) is -2.69. The van der Waals surface area contributed by atoms with Gasteiger partial charge in [0, 0.05) is 0 Å². The van der Waals surface area contributed by atoms with E-state index in [1.807, 2.05) is 30.3 Å². The van der Waals surface area contributed by atoms with Crippen molar-refractivity contribution in [3.63, 3.8) is 0 Å². The number of H-pyrrole nitrogens is 1. The van der Waals surface area contributed by atoms with E-state index < -0.39 is 41.4 Å². The summed E-state index contributed by atoms with van der Waals surface area (Å²) >= 11 is 0. The van der Waals surface area contributed by atoms with E-state index in [0.29, 0.717) is 25.8 Å². The van der Waals surface area contributed by atoms with Crippen molar-refractivity contribution >= 4 is 36.2 Å². The molecule has 0 bridgehead atoms. The molecule has 11 nitrogen and oxygen atoms in total. The molecule has 204 valence electrons. The normalized spacial score (nSPS) is 12.5. The van der Waals surface area contributed by atoms with Crippen LogP contribution >= 0.6 is 12.4 Å². The van der Waals surface area contributed by atoms with Crippen LogP contribution in [0.2, 0.25) is 0 Å². The standard InChI is InChI=1S/C25H35N5O6.ClH/c1-16(23(33)35-14-17-10-6-5-7-11-17)29-21(31)19-20(28-15-27-19)22(32)30-18(12-8-9-13-26)24(34)36-25(2,3)4;/h5-7,10-11,15-16,18H,8-9,12-14,26H2,1-4H3,(H,27,28)(H,29,31)(H,30,32);1H/t16-,18-;/m0./s1. The maximum absolute atomic E-state index is 12.9. The number of hydrogen-bond acceptors (Lipinski definition) is 8. The molecule has 5 N–H and O–H groups in total. The average Bonchev–Trinajstić information content (AvgIpc) is 3.32. The smallest absolute Gasteiger partial charge is 0.329 e. The molecule has 2 rings (SSSR count). The highest BCUT2D eigenvalue weighted by Gasteiger charge is 2.30. The van der Waals surface area contributed by atoms with Crippen molar-refractivity contribution in [2.75, 3.05) is 6.54 Å². The van der Waals surface area contributed by atoms with Crippen LogP contribution in [-0.4, -0.2) is 58.0 Å². The molecule has 0 saturated carbocycles. The predicted octanol–water partition coefficient (Wildman–Crippen LogP) is 2.26. The molecule has 2 aromatic rings. The Morgan fingerprint density at radius 3 is 2.32 bits per heavy atom. The third kappa shape index (κ3) is 10.6. The number of nitrogens with two attached hydrogens (primary N) is 1. The largest absolute Gasteiger partial charge is 0.459 e. The van der Waals surface area contributed by atoms with Gasteiger partial charge in [0.05, 0.1) is 6.33 Å². The Kier molecular flexibility index (Phi) is 12.8. The number of halogens is 1. The lowest BCUT2D eigenvalue weighted by Gasteiger charge is -2.24. The molecule has 2 atom stereocenters. The molecule has 0 aliphatic heterocycles. The van der Waals surface area contributed by atoms with Gasteiger partial charge in [-0.05, 0) is 59.1 Å². The number of aromatic amines is 1. The van der Waals surface area contributed by atoms with Gasteiger partial charge in [0.15, 0.2) is 5.69 Å². The summed E-state index contributed by atoms with van der Waals surface area (Å²) in [7, 11) is 0. The SMILES string of the molecule is C[C@H](NC(=O)c1nc[nH]c1C(=O)N[C@@H](CCCCN)C(=O)OC(C)(C)C)C(=O)OCc1ccccc1.Cl. The van der Waals surface area contributed by atoms with Crippen molar-refractivity contribution in [2.24, 2.45) is 5.73 Å². The van der Waals surface area contributed by atoms with Gasteiger partial charge in [-0.3, -0.25) is 9.59 Å². The molecule has 2 amide bonds. The van der Waals surface area contributed by atoms with Crippen LogP contribution in [0.3, 0.4) is 0 Å². The fraction of sp³-hybridized carbons (Fsp3) is 0.480. The van der Waals surface area contributed by atoms with E-state index in [1.54, 1.807) is 20.8 Å². The van der Waals surface area contributed by atoms with Crippen LogP contribution in [0.5, 0.6) is 0 Å². The van der Waals surface area contributed by atoms with Gasteiger partial charge in [-0.25, -0.2) is 14.6 Å². The zero-order valence-corrected chi connectivity index (χ0v) is 22.4. The van der Waals surface area contributed by atoms with Gasteiger partial charge >= 0.3 is 11.9 Å². The minimum atomic E-state index is -0.986. The van der Waals surface area contributed by atoms with Crippen molar-refractivity contribution in [1.82, 2.24) is 20.6 Å². The Morgan fingerprint density at radius 1 is 1.03 bits per heavy atom. The second kappa shape index (κ2) is 15.0. The zero-order valence-electron chi connectivity index (χ0n) is 21.5. The number of aromatic nitrogens is 2. The number of carbonyl (C=O) groups excluding carboxylic acids is 4. The van der Waals surface area contributed by atoms with Gasteiger partial charge in [0.2, 0.25) is 0 Å². The lowest BCUT2D eigenvalue weighted by atomic mass is 10.1. The van der Waals surface area contributed by atoms with E-state index in [1.165, 1.54) is 13.3 Å². The molecule has 0 aliphatic carbocycles. The first-order valence-corrected chi connectivity index (χ1v) is 11.8. The lowest BCUT2D eigenvalue weighted by molar-refractivity contribution is -0.157. The van der Waals surface area contributed by atoms with Gasteiger partial charge in [-0.2, -0.15) is 0 Å². The van der Waals surface area contributed by atoms with E-state index in [4.69, 9.17) is 15.2 Å². The van der Waals surface area contributed by atoms with Gasteiger partial charge in [0.1, 0.15) is 30.0 Å². The van der Waals surface area contributed by atoms with Gasteiger partial charge in [-0.15, -0.1) is 12.4 Å². The Balaban J connectivity index is 0.00000684. The first-order valence-electron chi connectivity index (χ1n) is 11.8. The summed E-state index contributed by atoms with van der Waals surface area (Å²) in [5.41, 5.74) is 5.24. The summed E-state index contributed by atoms with van der Waals surface area (Å²) in [6, 6.07) is 7.20. The summed E-state index contributed by atoms with van der Waals surface area (Å²) in [6.07, 6.45) is 2.77. The summed E-state index contributed by atoms with van der Waals surface area (Å²) < 4.78 is 10.6. The van der Waals surface area contributed by atoms with Crippen LogP contribution in [0.15, 0.2) is 36.7 Å². The van der Waals surface area contributed by atoms with E-state index in [0.717, 1.165) is 5.56 Å². The number of imidazole rings is 1. The monoisotopic (exact) mass is 537 g/mol. The number of carbonyl (C=O) groups is 4. The number of unbranched alkanes of at least 4 members (excludes halogenated alkanes) is 1. The zero-order chi connectivity index (χ0) is 26.7. The molecule has 0 unspecified atom stereocenters. The first kappa shape index (κ1) is 31.6. The molecule has 0 saturated heterocycles. The van der Waals surface area contributed by atoms with Crippen LogP contribution in [0.4, 0.5) is 0 Å². The second-order valence-electron chi connectivity index (χ2n) is 9.26. The molecule has 0 spiro atoms. The maximum Gasteiger partial charge on any atom is 0.329 e. The average molecular weight is 538 g/mol. The van der Waals surface area contributed by atoms with E-state index in [9.17, 15) is 19.2 Å². The number of ether oxygens (including phenoxy) is 2. The molecule has 1 aromatic heterocycles. The quantitative estimate of drug-likeness (QED) is 0.236. The third-order valence-corrected chi connectivity index (χ3v) is 4.95. The van der Waals surface area contributed by atoms with Crippen LogP contribution in [0.1, 0.15) is 73.5 Å². The van der Waals surface area contributed by atoms with Crippen molar-refractivity contribution in [1.29, 1.82) is 0 Å². The van der Waals surface area contributed by atoms with Gasteiger partial charge in [0.25, 0.3) is 11.8 Å². The maximum atomic E-state index is 12.9. The minimum absolute atomic E-state index is 0. The number of rotatable bonds is 12. The Bertz CT molecular complexity index is 1040. The topological polar surface area (TPSA) is 165 Å². The molecule has 1 aromatic carbocycles. The predicted molar refractivity (Wildman–Crippen MR) is 139 cm³/mol. The Morgan fingerprint density at radius 2 is 1.70 bits per heavy atom. The van der Waals surface area contributed by atoms with Crippen molar-refractivity contribution in [3.8, 4) is 0 Å². The van der Waals surface area contributed by atoms with Crippen molar-refractivity contribution in [3.05, 3.63) is 53.6 Å². The number of nitrogens with one attached hydrogen (secondary N) is 3. The fourth-order valence-corrected chi connectivity index (χ4v) is 3.16. The highest BCUT2D eigenvalue weighted by molar-refractivity contribution is 6.06. The summed E-state index contributed by atoms with van der Waals surface area (Å²) in [4.78, 5) is 57.2. The molecule has 0 aliphatic rings. The van der Waals surface area contributed by atoms with Crippen LogP contribution in [-0.2, 0) is 25.7 Å².